The van der Waals surface area contributed by atoms with Gasteiger partial charge in [-0.25, -0.2) is 9.59 Å². The monoisotopic (exact) mass is 531 g/mol. The maximum absolute atomic E-state index is 13.1. The van der Waals surface area contributed by atoms with Crippen molar-refractivity contribution < 1.29 is 33.8 Å². The van der Waals surface area contributed by atoms with Crippen molar-refractivity contribution in [2.45, 2.75) is 18.9 Å². The molecule has 3 N–H and O–H groups in total. The van der Waals surface area contributed by atoms with Gasteiger partial charge in [-0.2, -0.15) is 0 Å². The van der Waals surface area contributed by atoms with E-state index in [2.05, 4.69) is 10.2 Å². The fourth-order valence-electron chi connectivity index (χ4n) is 4.56. The van der Waals surface area contributed by atoms with E-state index in [-0.39, 0.29) is 11.8 Å². The molecule has 3 fully saturated rings. The first-order chi connectivity index (χ1) is 18.8. The summed E-state index contributed by atoms with van der Waals surface area (Å²) in [4.78, 5) is 48.9. The molecular formula is C29H29N3O7. The summed E-state index contributed by atoms with van der Waals surface area (Å²) in [6.07, 6.45) is 3.19. The Morgan fingerprint density at radius 3 is 2.05 bits per heavy atom. The molecule has 6 rings (SSSR count). The minimum absolute atomic E-state index is 0.0215. The number of amides is 2. The molecule has 2 amide bonds. The van der Waals surface area contributed by atoms with E-state index in [4.69, 9.17) is 14.6 Å². The molecule has 10 nitrogen and oxygen atoms in total. The number of hydrogen-bond donors (Lipinski definition) is 3. The normalized spacial score (nSPS) is 18.1. The first-order valence-corrected chi connectivity index (χ1v) is 12.5. The van der Waals surface area contributed by atoms with Crippen molar-refractivity contribution in [2.24, 2.45) is 0 Å². The number of piperidine rings is 1. The van der Waals surface area contributed by atoms with Crippen LogP contribution in [-0.4, -0.2) is 76.0 Å². The predicted octanol–water partition coefficient (Wildman–Crippen LogP) is 3.83. The number of nitrogens with zero attached hydrogens (tertiary/aromatic N) is 2. The molecule has 3 saturated heterocycles. The minimum Gasteiger partial charge on any atom is -0.478 e. The number of anilines is 1. The summed E-state index contributed by atoms with van der Waals surface area (Å²) in [7, 11) is 0. The second-order valence-electron chi connectivity index (χ2n) is 9.14. The van der Waals surface area contributed by atoms with Crippen LogP contribution in [0, 0.1) is 0 Å². The molecule has 3 aromatic rings. The number of hydrogen-bond acceptors (Lipinski definition) is 6. The van der Waals surface area contributed by atoms with Crippen LogP contribution in [0.4, 0.5) is 5.69 Å². The van der Waals surface area contributed by atoms with Crippen LogP contribution in [0.25, 0.3) is 11.3 Å². The summed E-state index contributed by atoms with van der Waals surface area (Å²) in [5.74, 6) is -1.65. The van der Waals surface area contributed by atoms with Crippen LogP contribution < -0.4 is 5.32 Å². The third kappa shape index (κ3) is 7.42. The van der Waals surface area contributed by atoms with Gasteiger partial charge in [0.1, 0.15) is 5.76 Å². The Labute approximate surface area is 225 Å². The average molecular weight is 532 g/mol. The molecule has 1 aromatic heterocycles. The number of fused-ring (bicyclic) bond motifs is 4. The zero-order chi connectivity index (χ0) is 27.8. The molecule has 3 aliphatic rings. The van der Waals surface area contributed by atoms with E-state index in [1.807, 2.05) is 53.4 Å². The predicted molar refractivity (Wildman–Crippen MR) is 143 cm³/mol. The third-order valence-electron chi connectivity index (χ3n) is 6.56. The Kier molecular flexibility index (Phi) is 8.90. The van der Waals surface area contributed by atoms with Crippen molar-refractivity contribution in [3.63, 3.8) is 0 Å². The summed E-state index contributed by atoms with van der Waals surface area (Å²) in [6, 6.07) is 20.5. The lowest BCUT2D eigenvalue weighted by molar-refractivity contribution is -0.134. The van der Waals surface area contributed by atoms with Gasteiger partial charge in [0.2, 0.25) is 0 Å². The molecule has 3 aliphatic heterocycles. The average Bonchev–Trinajstić information content (AvgIpc) is 3.25. The van der Waals surface area contributed by atoms with E-state index in [0.29, 0.717) is 41.0 Å². The summed E-state index contributed by atoms with van der Waals surface area (Å²) in [5, 5.41) is 18.5. The Bertz CT molecular complexity index is 1320. The van der Waals surface area contributed by atoms with Gasteiger partial charge in [-0.05, 0) is 61.4 Å². The van der Waals surface area contributed by atoms with Crippen LogP contribution in [0.2, 0.25) is 0 Å². The largest absolute Gasteiger partial charge is 0.478 e. The highest BCUT2D eigenvalue weighted by Gasteiger charge is 2.33. The van der Waals surface area contributed by atoms with Crippen molar-refractivity contribution in [3.05, 3.63) is 90.2 Å². The maximum atomic E-state index is 13.1. The van der Waals surface area contributed by atoms with Gasteiger partial charge in [0.05, 0.1) is 0 Å². The molecule has 0 saturated carbocycles. The summed E-state index contributed by atoms with van der Waals surface area (Å²) >= 11 is 0. The van der Waals surface area contributed by atoms with Crippen molar-refractivity contribution >= 4 is 29.4 Å². The van der Waals surface area contributed by atoms with E-state index in [1.54, 1.807) is 18.2 Å². The van der Waals surface area contributed by atoms with E-state index in [1.165, 1.54) is 0 Å². The van der Waals surface area contributed by atoms with Gasteiger partial charge < -0.3 is 29.7 Å². The van der Waals surface area contributed by atoms with Gasteiger partial charge in [0.25, 0.3) is 11.8 Å². The van der Waals surface area contributed by atoms with Gasteiger partial charge in [-0.1, -0.05) is 18.2 Å². The minimum atomic E-state index is -1.26. The molecule has 202 valence electrons. The zero-order valence-corrected chi connectivity index (χ0v) is 21.2. The highest BCUT2D eigenvalue weighted by Crippen LogP contribution is 2.27. The number of benzene rings is 2. The molecular weight excluding hydrogens is 502 g/mol. The lowest BCUT2D eigenvalue weighted by Crippen LogP contribution is -2.41. The van der Waals surface area contributed by atoms with Crippen molar-refractivity contribution in [1.82, 2.24) is 9.80 Å². The maximum Gasteiger partial charge on any atom is 0.328 e. The molecule has 0 spiro atoms. The van der Waals surface area contributed by atoms with E-state index in [0.717, 1.165) is 44.6 Å². The number of aliphatic carboxylic acids is 2. The van der Waals surface area contributed by atoms with Crippen LogP contribution in [0.3, 0.4) is 0 Å². The van der Waals surface area contributed by atoms with E-state index < -0.39 is 11.9 Å². The number of furan rings is 1. The van der Waals surface area contributed by atoms with Crippen LogP contribution in [0.5, 0.6) is 0 Å². The Hall–Kier alpha value is -4.70. The van der Waals surface area contributed by atoms with E-state index in [9.17, 15) is 19.2 Å². The molecule has 0 unspecified atom stereocenters. The summed E-state index contributed by atoms with van der Waals surface area (Å²) < 4.78 is 5.93. The van der Waals surface area contributed by atoms with Gasteiger partial charge in [0.15, 0.2) is 5.76 Å². The smallest absolute Gasteiger partial charge is 0.328 e. The van der Waals surface area contributed by atoms with Crippen molar-refractivity contribution in [2.75, 3.05) is 31.5 Å². The van der Waals surface area contributed by atoms with Gasteiger partial charge >= 0.3 is 11.9 Å². The fourth-order valence-corrected chi connectivity index (χ4v) is 4.56. The second kappa shape index (κ2) is 12.7. The number of carboxylic acids is 2. The molecule has 2 bridgehead atoms. The molecule has 39 heavy (non-hydrogen) atoms. The fraction of sp³-hybridized carbons (Fsp3) is 0.241. The van der Waals surface area contributed by atoms with Crippen molar-refractivity contribution in [1.29, 1.82) is 0 Å². The van der Waals surface area contributed by atoms with E-state index >= 15 is 0 Å². The number of carboxylic acid groups (broad SMARTS) is 2. The highest BCUT2D eigenvalue weighted by atomic mass is 16.4. The number of carbonyl (C=O) groups is 4. The van der Waals surface area contributed by atoms with Crippen LogP contribution in [-0.2, 0) is 9.59 Å². The highest BCUT2D eigenvalue weighted by molar-refractivity contribution is 6.04. The SMILES string of the molecule is O=C(Nc1ccc(-c2ccc(C(=O)N3CCN4CCC3CC4)o2)cc1)c1ccccc1.O=C(O)/C=C/C(=O)O. The summed E-state index contributed by atoms with van der Waals surface area (Å²) in [6.45, 7) is 3.84. The molecule has 4 heterocycles. The van der Waals surface area contributed by atoms with Gasteiger partial charge in [-0.15, -0.1) is 0 Å². The lowest BCUT2D eigenvalue weighted by atomic mass is 10.1. The number of carbonyl (C=O) groups excluding carboxylic acids is 2. The lowest BCUT2D eigenvalue weighted by Gasteiger charge is -2.30. The van der Waals surface area contributed by atoms with Crippen LogP contribution >= 0.6 is 0 Å². The zero-order valence-electron chi connectivity index (χ0n) is 21.2. The topological polar surface area (TPSA) is 140 Å². The molecule has 0 radical (unpaired) electrons. The number of nitrogens with one attached hydrogen (secondary N) is 1. The molecule has 2 aromatic carbocycles. The summed E-state index contributed by atoms with van der Waals surface area (Å²) in [5.41, 5.74) is 2.18. The van der Waals surface area contributed by atoms with Crippen LogP contribution in [0.1, 0.15) is 33.8 Å². The van der Waals surface area contributed by atoms with Crippen molar-refractivity contribution in [3.8, 4) is 11.3 Å². The molecule has 10 heteroatoms. The Morgan fingerprint density at radius 1 is 0.795 bits per heavy atom. The molecule has 0 aliphatic carbocycles. The first kappa shape index (κ1) is 27.3. The number of rotatable bonds is 6. The first-order valence-electron chi connectivity index (χ1n) is 12.5. The Morgan fingerprint density at radius 2 is 1.44 bits per heavy atom. The quantitative estimate of drug-likeness (QED) is 0.408. The van der Waals surface area contributed by atoms with Gasteiger partial charge in [0, 0.05) is 61.2 Å². The Balaban J connectivity index is 0.000000386. The standard InChI is InChI=1S/C25H25N3O3.C4H4O4/c29-24(19-4-2-1-3-5-19)26-20-8-6-18(7-9-20)22-10-11-23(31-22)25(30)28-17-16-27-14-12-21(28)13-15-27;5-3(6)1-2-4(7)8/h1-11,21H,12-17H2,(H,26,29);1-2H,(H,5,6)(H,7,8)/b;2-1+. The second-order valence-corrected chi connectivity index (χ2v) is 9.14. The van der Waals surface area contributed by atoms with Gasteiger partial charge in [-0.3, -0.25) is 9.59 Å². The third-order valence-corrected chi connectivity index (χ3v) is 6.56. The van der Waals surface area contributed by atoms with Crippen LogP contribution in [0.15, 0.2) is 83.3 Å². The molecule has 0 atom stereocenters.